The minimum absolute atomic E-state index is 0.302. The molecule has 6 heteroatoms. The number of aromatic nitrogens is 2. The van der Waals surface area contributed by atoms with Gasteiger partial charge in [0, 0.05) is 28.5 Å². The van der Waals surface area contributed by atoms with Gasteiger partial charge < -0.3 is 9.31 Å². The Morgan fingerprint density at radius 1 is 1.30 bits per heavy atom. The molecule has 0 unspecified atom stereocenters. The van der Waals surface area contributed by atoms with Crippen LogP contribution in [-0.4, -0.2) is 33.9 Å². The predicted molar refractivity (Wildman–Crippen MR) is 83.1 cm³/mol. The van der Waals surface area contributed by atoms with Crippen molar-refractivity contribution >= 4 is 24.3 Å². The summed E-state index contributed by atoms with van der Waals surface area (Å²) in [6.45, 7) is 9.12. The molecule has 0 spiro atoms. The van der Waals surface area contributed by atoms with Gasteiger partial charge in [-0.25, -0.2) is 0 Å². The average molecular weight is 292 g/mol. The second kappa shape index (κ2) is 4.93. The van der Waals surface area contributed by atoms with Crippen molar-refractivity contribution in [1.82, 2.24) is 9.78 Å². The van der Waals surface area contributed by atoms with Crippen LogP contribution in [0.15, 0.2) is 23.4 Å². The molecule has 0 saturated carbocycles. The largest absolute Gasteiger partial charge is 0.498 e. The van der Waals surface area contributed by atoms with E-state index in [4.69, 9.17) is 9.31 Å². The van der Waals surface area contributed by atoms with Gasteiger partial charge >= 0.3 is 7.12 Å². The van der Waals surface area contributed by atoms with Crippen LogP contribution >= 0.6 is 11.8 Å². The van der Waals surface area contributed by atoms with Crippen LogP contribution in [0.2, 0.25) is 0 Å². The first-order chi connectivity index (χ1) is 9.37. The Morgan fingerprint density at radius 3 is 2.60 bits per heavy atom. The van der Waals surface area contributed by atoms with E-state index in [0.717, 1.165) is 12.0 Å². The predicted octanol–water partition coefficient (Wildman–Crippen LogP) is 2.20. The van der Waals surface area contributed by atoms with Crippen molar-refractivity contribution in [2.45, 2.75) is 51.9 Å². The topological polar surface area (TPSA) is 36.3 Å². The van der Waals surface area contributed by atoms with E-state index in [9.17, 15) is 0 Å². The van der Waals surface area contributed by atoms with Gasteiger partial charge in [-0.15, -0.1) is 11.8 Å². The van der Waals surface area contributed by atoms with E-state index in [1.165, 1.54) is 17.1 Å². The highest BCUT2D eigenvalue weighted by molar-refractivity contribution is 8.03. The van der Waals surface area contributed by atoms with Gasteiger partial charge in [0.05, 0.1) is 17.7 Å². The van der Waals surface area contributed by atoms with Gasteiger partial charge in [-0.05, 0) is 34.1 Å². The molecule has 0 atom stereocenters. The quantitative estimate of drug-likeness (QED) is 0.800. The Hall–Kier alpha value is -0.715. The molecule has 1 fully saturated rings. The number of hydrogen-bond donors (Lipinski definition) is 0. The Labute approximate surface area is 125 Å². The second-order valence-corrected chi connectivity index (χ2v) is 7.59. The minimum atomic E-state index is -0.320. The lowest BCUT2D eigenvalue weighted by molar-refractivity contribution is 0.00578. The molecule has 1 saturated heterocycles. The molecular weight excluding hydrogens is 271 g/mol. The first-order valence-corrected chi connectivity index (χ1v) is 8.06. The van der Waals surface area contributed by atoms with Gasteiger partial charge in [-0.2, -0.15) is 5.10 Å². The lowest BCUT2D eigenvalue weighted by atomic mass is 9.82. The van der Waals surface area contributed by atoms with E-state index < -0.39 is 0 Å². The molecular formula is C14H21BN2O2S. The van der Waals surface area contributed by atoms with E-state index in [1.807, 2.05) is 28.8 Å². The normalized spacial score (nSPS) is 24.2. The van der Waals surface area contributed by atoms with E-state index in [-0.39, 0.29) is 18.3 Å². The molecule has 4 nitrogen and oxygen atoms in total. The number of rotatable bonds is 3. The highest BCUT2D eigenvalue weighted by Gasteiger charge is 2.52. The highest BCUT2D eigenvalue weighted by Crippen LogP contribution is 2.36. The summed E-state index contributed by atoms with van der Waals surface area (Å²) in [6, 6.07) is 0. The molecule has 2 aliphatic heterocycles. The molecule has 0 N–H and O–H groups in total. The fourth-order valence-electron chi connectivity index (χ4n) is 2.31. The Morgan fingerprint density at radius 2 is 2.00 bits per heavy atom. The number of allylic oxidation sites excluding steroid dienone is 2. The number of hydrogen-bond acceptors (Lipinski definition) is 4. The van der Waals surface area contributed by atoms with E-state index in [2.05, 4.69) is 38.9 Å². The fraction of sp³-hybridized carbons (Fsp3) is 0.643. The molecule has 0 aliphatic carbocycles. The monoisotopic (exact) mass is 292 g/mol. The third-order valence-corrected chi connectivity index (χ3v) is 5.38. The summed E-state index contributed by atoms with van der Waals surface area (Å²) in [5.74, 6) is 1.20. The minimum Gasteiger partial charge on any atom is -0.399 e. The molecule has 0 aromatic carbocycles. The van der Waals surface area contributed by atoms with E-state index in [0.29, 0.717) is 0 Å². The smallest absolute Gasteiger partial charge is 0.399 e. The maximum atomic E-state index is 6.04. The Balaban J connectivity index is 1.71. The highest BCUT2D eigenvalue weighted by atomic mass is 32.2. The number of nitrogens with zero attached hydrogens (tertiary/aromatic N) is 2. The zero-order chi connectivity index (χ0) is 14.4. The lowest BCUT2D eigenvalue weighted by Gasteiger charge is -2.32. The van der Waals surface area contributed by atoms with Crippen molar-refractivity contribution in [3.05, 3.63) is 23.4 Å². The first kappa shape index (κ1) is 14.2. The molecule has 0 bridgehead atoms. The maximum Gasteiger partial charge on any atom is 0.498 e. The van der Waals surface area contributed by atoms with Crippen LogP contribution in [-0.2, 0) is 15.9 Å². The van der Waals surface area contributed by atoms with Crippen molar-refractivity contribution in [2.75, 3.05) is 5.75 Å². The van der Waals surface area contributed by atoms with Gasteiger partial charge in [0.2, 0.25) is 0 Å². The first-order valence-electron chi connectivity index (χ1n) is 7.07. The van der Waals surface area contributed by atoms with Crippen molar-refractivity contribution in [1.29, 1.82) is 0 Å². The molecule has 20 heavy (non-hydrogen) atoms. The molecule has 108 valence electrons. The van der Waals surface area contributed by atoms with Crippen LogP contribution in [0.3, 0.4) is 0 Å². The van der Waals surface area contributed by atoms with Crippen LogP contribution in [0.1, 0.15) is 34.1 Å². The van der Waals surface area contributed by atoms with Crippen molar-refractivity contribution < 1.29 is 9.31 Å². The third kappa shape index (κ3) is 2.56. The zero-order valence-corrected chi connectivity index (χ0v) is 13.4. The summed E-state index contributed by atoms with van der Waals surface area (Å²) in [5, 5.41) is 4.42. The summed E-state index contributed by atoms with van der Waals surface area (Å²) in [6.07, 6.45) is 7.34. The molecule has 2 aliphatic rings. The van der Waals surface area contributed by atoms with Crippen LogP contribution in [0.25, 0.3) is 0 Å². The summed E-state index contributed by atoms with van der Waals surface area (Å²) in [7, 11) is -0.320. The second-order valence-electron chi connectivity index (χ2n) is 6.37. The lowest BCUT2D eigenvalue weighted by Crippen LogP contribution is -2.41. The Kier molecular flexibility index (Phi) is 3.51. The van der Waals surface area contributed by atoms with Crippen LogP contribution in [0.5, 0.6) is 0 Å². The van der Waals surface area contributed by atoms with E-state index in [1.54, 1.807) is 0 Å². The van der Waals surface area contributed by atoms with Crippen molar-refractivity contribution in [2.24, 2.45) is 0 Å². The average Bonchev–Trinajstić information content (AvgIpc) is 3.02. The summed E-state index contributed by atoms with van der Waals surface area (Å²) in [5.41, 5.74) is 0.389. The summed E-state index contributed by atoms with van der Waals surface area (Å²) in [4.78, 5) is 1.40. The van der Waals surface area contributed by atoms with E-state index >= 15 is 0 Å². The maximum absolute atomic E-state index is 6.04. The Bertz CT molecular complexity index is 523. The molecule has 3 heterocycles. The van der Waals surface area contributed by atoms with Gasteiger partial charge in [0.25, 0.3) is 0 Å². The molecule has 0 radical (unpaired) electrons. The molecule has 0 amide bonds. The van der Waals surface area contributed by atoms with Crippen molar-refractivity contribution in [3.63, 3.8) is 0 Å². The van der Waals surface area contributed by atoms with Gasteiger partial charge in [-0.3, -0.25) is 4.68 Å². The van der Waals surface area contributed by atoms with Crippen molar-refractivity contribution in [3.8, 4) is 0 Å². The van der Waals surface area contributed by atoms with Crippen LogP contribution in [0, 0.1) is 0 Å². The zero-order valence-electron chi connectivity index (χ0n) is 12.5. The fourth-order valence-corrected chi connectivity index (χ4v) is 3.26. The summed E-state index contributed by atoms with van der Waals surface area (Å²) >= 11 is 1.92. The van der Waals surface area contributed by atoms with Gasteiger partial charge in [0.1, 0.15) is 0 Å². The van der Waals surface area contributed by atoms with Gasteiger partial charge in [-0.1, -0.05) is 6.08 Å². The third-order valence-electron chi connectivity index (χ3n) is 4.27. The molecule has 1 aromatic heterocycles. The SMILES string of the molecule is CC1(C)OB(c2cnn(CC3=CCCS3)c2)OC1(C)C. The summed E-state index contributed by atoms with van der Waals surface area (Å²) < 4.78 is 14.0. The van der Waals surface area contributed by atoms with Crippen LogP contribution < -0.4 is 5.46 Å². The molecule has 3 rings (SSSR count). The van der Waals surface area contributed by atoms with Gasteiger partial charge in [0.15, 0.2) is 0 Å². The molecule has 1 aromatic rings. The standard InChI is InChI=1S/C14H21BN2O2S/c1-13(2)14(3,4)19-15(18-13)11-8-16-17(9-11)10-12-6-5-7-20-12/h6,8-9H,5,7,10H2,1-4H3. The number of thioether (sulfide) groups is 1. The van der Waals surface area contributed by atoms with Crippen LogP contribution in [0.4, 0.5) is 0 Å².